The molecule has 0 aliphatic carbocycles. The number of anilines is 1. The second kappa shape index (κ2) is 7.67. The average molecular weight is 396 g/mol. The van der Waals surface area contributed by atoms with Gasteiger partial charge in [-0.25, -0.2) is 4.79 Å². The zero-order valence-corrected chi connectivity index (χ0v) is 16.3. The van der Waals surface area contributed by atoms with Crippen molar-refractivity contribution in [3.8, 4) is 0 Å². The van der Waals surface area contributed by atoms with Gasteiger partial charge in [0.15, 0.2) is 6.10 Å². The summed E-state index contributed by atoms with van der Waals surface area (Å²) in [5.74, 6) is -0.520. The number of carbonyl (C=O) groups is 3. The summed E-state index contributed by atoms with van der Waals surface area (Å²) in [4.78, 5) is 39.4. The molecule has 0 fully saturated rings. The Morgan fingerprint density at radius 3 is 2.79 bits per heavy atom. The van der Waals surface area contributed by atoms with Gasteiger partial charge in [-0.15, -0.1) is 11.8 Å². The summed E-state index contributed by atoms with van der Waals surface area (Å²) in [6.07, 6.45) is -0.0807. The Morgan fingerprint density at radius 2 is 1.96 bits per heavy atom. The Kier molecular flexibility index (Phi) is 5.09. The summed E-state index contributed by atoms with van der Waals surface area (Å²) >= 11 is 1.42. The number of carbonyl (C=O) groups excluding carboxylic acids is 3. The maximum atomic E-state index is 12.7. The summed E-state index contributed by atoms with van der Waals surface area (Å²) in [5.41, 5.74) is 3.29. The van der Waals surface area contributed by atoms with Crippen LogP contribution in [0.25, 0.3) is 0 Å². The lowest BCUT2D eigenvalue weighted by Crippen LogP contribution is -2.42. The molecule has 2 heterocycles. The molecule has 144 valence electrons. The summed E-state index contributed by atoms with van der Waals surface area (Å²) in [6.45, 7) is 2.73. The Morgan fingerprint density at radius 1 is 1.18 bits per heavy atom. The fourth-order valence-electron chi connectivity index (χ4n) is 3.43. The second-order valence-electron chi connectivity index (χ2n) is 6.87. The summed E-state index contributed by atoms with van der Waals surface area (Å²) in [7, 11) is 0. The van der Waals surface area contributed by atoms with Gasteiger partial charge in [0.2, 0.25) is 5.91 Å². The molecule has 0 saturated carbocycles. The SMILES string of the molecule is CC(OC(=O)c1ccc2c(c1)NC(=O)CS2)C(=O)N1CCc2ccccc2C1. The van der Waals surface area contributed by atoms with Crippen LogP contribution >= 0.6 is 11.8 Å². The van der Waals surface area contributed by atoms with Gasteiger partial charge in [0, 0.05) is 18.0 Å². The van der Waals surface area contributed by atoms with Gasteiger partial charge in [-0.05, 0) is 42.7 Å². The van der Waals surface area contributed by atoms with Gasteiger partial charge in [-0.1, -0.05) is 24.3 Å². The first kappa shape index (κ1) is 18.6. The molecule has 2 aliphatic heterocycles. The Bertz CT molecular complexity index is 959. The molecule has 2 aromatic rings. The molecule has 0 bridgehead atoms. The number of rotatable bonds is 3. The van der Waals surface area contributed by atoms with E-state index in [4.69, 9.17) is 4.74 Å². The van der Waals surface area contributed by atoms with Crippen LogP contribution in [0.1, 0.15) is 28.4 Å². The average Bonchev–Trinajstić information content (AvgIpc) is 2.72. The maximum absolute atomic E-state index is 12.7. The zero-order chi connectivity index (χ0) is 19.7. The van der Waals surface area contributed by atoms with Crippen molar-refractivity contribution in [3.63, 3.8) is 0 Å². The van der Waals surface area contributed by atoms with Crippen molar-refractivity contribution < 1.29 is 19.1 Å². The van der Waals surface area contributed by atoms with Gasteiger partial charge in [0.25, 0.3) is 5.91 Å². The van der Waals surface area contributed by atoms with Crippen LogP contribution in [0.3, 0.4) is 0 Å². The minimum atomic E-state index is -0.877. The fourth-order valence-corrected chi connectivity index (χ4v) is 4.22. The van der Waals surface area contributed by atoms with Gasteiger partial charge in [0.05, 0.1) is 17.0 Å². The minimum Gasteiger partial charge on any atom is -0.449 e. The van der Waals surface area contributed by atoms with Crippen LogP contribution in [0.15, 0.2) is 47.4 Å². The highest BCUT2D eigenvalue weighted by molar-refractivity contribution is 8.00. The number of nitrogens with one attached hydrogen (secondary N) is 1. The van der Waals surface area contributed by atoms with Crippen LogP contribution in [0.4, 0.5) is 5.69 Å². The van der Waals surface area contributed by atoms with Crippen molar-refractivity contribution >= 4 is 35.2 Å². The molecule has 0 saturated heterocycles. The molecule has 4 rings (SSSR count). The molecule has 1 unspecified atom stereocenters. The molecule has 2 aliphatic rings. The van der Waals surface area contributed by atoms with Gasteiger partial charge in [-0.3, -0.25) is 9.59 Å². The van der Waals surface area contributed by atoms with E-state index in [1.54, 1.807) is 30.0 Å². The number of hydrogen-bond donors (Lipinski definition) is 1. The Balaban J connectivity index is 1.41. The molecule has 2 amide bonds. The van der Waals surface area contributed by atoms with Crippen molar-refractivity contribution in [1.29, 1.82) is 0 Å². The first-order valence-corrected chi connectivity index (χ1v) is 10.1. The monoisotopic (exact) mass is 396 g/mol. The van der Waals surface area contributed by atoms with Crippen molar-refractivity contribution in [2.45, 2.75) is 30.9 Å². The summed E-state index contributed by atoms with van der Waals surface area (Å²) in [6, 6.07) is 13.1. The fraction of sp³-hybridized carbons (Fsp3) is 0.286. The highest BCUT2D eigenvalue weighted by Crippen LogP contribution is 2.32. The van der Waals surface area contributed by atoms with Crippen LogP contribution in [-0.2, 0) is 27.3 Å². The van der Waals surface area contributed by atoms with Crippen molar-refractivity contribution in [3.05, 3.63) is 59.2 Å². The molecular formula is C21H20N2O4S. The number of thioether (sulfide) groups is 1. The van der Waals surface area contributed by atoms with E-state index in [0.29, 0.717) is 30.1 Å². The lowest BCUT2D eigenvalue weighted by atomic mass is 9.99. The highest BCUT2D eigenvalue weighted by Gasteiger charge is 2.27. The molecule has 1 atom stereocenters. The molecule has 0 aromatic heterocycles. The standard InChI is InChI=1S/C21H20N2O4S/c1-13(20(25)23-9-8-14-4-2-3-5-16(14)11-23)27-21(26)15-6-7-18-17(10-15)22-19(24)12-28-18/h2-7,10,13H,8-9,11-12H2,1H3,(H,22,24). The summed E-state index contributed by atoms with van der Waals surface area (Å²) < 4.78 is 5.41. The predicted octanol–water partition coefficient (Wildman–Crippen LogP) is 2.86. The minimum absolute atomic E-state index is 0.100. The number of ether oxygens (including phenoxy) is 1. The number of hydrogen-bond acceptors (Lipinski definition) is 5. The topological polar surface area (TPSA) is 75.7 Å². The van der Waals surface area contributed by atoms with E-state index >= 15 is 0 Å². The number of fused-ring (bicyclic) bond motifs is 2. The van der Waals surface area contributed by atoms with Crippen LogP contribution in [0, 0.1) is 0 Å². The third kappa shape index (κ3) is 3.75. The normalized spacial score (nSPS) is 16.5. The molecule has 28 heavy (non-hydrogen) atoms. The number of amides is 2. The van der Waals surface area contributed by atoms with Gasteiger partial charge in [-0.2, -0.15) is 0 Å². The van der Waals surface area contributed by atoms with E-state index in [0.717, 1.165) is 16.9 Å². The number of nitrogens with zero attached hydrogens (tertiary/aromatic N) is 1. The summed E-state index contributed by atoms with van der Waals surface area (Å²) in [5, 5.41) is 2.75. The third-order valence-electron chi connectivity index (χ3n) is 4.92. The van der Waals surface area contributed by atoms with E-state index in [1.807, 2.05) is 18.2 Å². The zero-order valence-electron chi connectivity index (χ0n) is 15.4. The number of esters is 1. The highest BCUT2D eigenvalue weighted by atomic mass is 32.2. The van der Waals surface area contributed by atoms with E-state index in [9.17, 15) is 14.4 Å². The van der Waals surface area contributed by atoms with Crippen LogP contribution in [-0.4, -0.2) is 41.1 Å². The Labute approximate surface area is 167 Å². The molecule has 0 radical (unpaired) electrons. The molecule has 7 heteroatoms. The van der Waals surface area contributed by atoms with Crippen LogP contribution < -0.4 is 5.32 Å². The van der Waals surface area contributed by atoms with Crippen molar-refractivity contribution in [2.75, 3.05) is 17.6 Å². The van der Waals surface area contributed by atoms with Crippen LogP contribution in [0.2, 0.25) is 0 Å². The quantitative estimate of drug-likeness (QED) is 0.808. The Hall–Kier alpha value is -2.80. The molecular weight excluding hydrogens is 376 g/mol. The molecule has 1 N–H and O–H groups in total. The largest absolute Gasteiger partial charge is 0.449 e. The lowest BCUT2D eigenvalue weighted by molar-refractivity contribution is -0.140. The smallest absolute Gasteiger partial charge is 0.338 e. The number of benzene rings is 2. The van der Waals surface area contributed by atoms with Gasteiger partial charge < -0.3 is 15.0 Å². The van der Waals surface area contributed by atoms with Gasteiger partial charge >= 0.3 is 5.97 Å². The van der Waals surface area contributed by atoms with Crippen LogP contribution in [0.5, 0.6) is 0 Å². The molecule has 2 aromatic carbocycles. The van der Waals surface area contributed by atoms with Crippen molar-refractivity contribution in [2.24, 2.45) is 0 Å². The second-order valence-corrected chi connectivity index (χ2v) is 7.89. The van der Waals surface area contributed by atoms with E-state index < -0.39 is 12.1 Å². The predicted molar refractivity (Wildman–Crippen MR) is 106 cm³/mol. The van der Waals surface area contributed by atoms with E-state index in [2.05, 4.69) is 11.4 Å². The van der Waals surface area contributed by atoms with Gasteiger partial charge in [0.1, 0.15) is 0 Å². The first-order valence-electron chi connectivity index (χ1n) is 9.14. The molecule has 6 nitrogen and oxygen atoms in total. The van der Waals surface area contributed by atoms with Crippen molar-refractivity contribution in [1.82, 2.24) is 4.90 Å². The van der Waals surface area contributed by atoms with E-state index in [-0.39, 0.29) is 11.8 Å². The first-order chi connectivity index (χ1) is 13.5. The molecule has 0 spiro atoms. The maximum Gasteiger partial charge on any atom is 0.338 e. The third-order valence-corrected chi connectivity index (χ3v) is 6.00. The lowest BCUT2D eigenvalue weighted by Gasteiger charge is -2.30. The van der Waals surface area contributed by atoms with E-state index in [1.165, 1.54) is 17.3 Å².